The minimum absolute atomic E-state index is 0.169. The molecule has 2 aliphatic rings. The zero-order valence-corrected chi connectivity index (χ0v) is 24.0. The lowest BCUT2D eigenvalue weighted by Crippen LogP contribution is -2.37. The zero-order chi connectivity index (χ0) is 28.9. The lowest BCUT2D eigenvalue weighted by atomic mass is 9.81. The number of alkyl carbamates (subject to hydrolysis) is 2. The molecule has 220 valence electrons. The summed E-state index contributed by atoms with van der Waals surface area (Å²) in [5, 5.41) is 29.0. The van der Waals surface area contributed by atoms with Gasteiger partial charge in [-0.05, 0) is 105 Å². The molecule has 2 rings (SSSR count). The number of hydrogen-bond donors (Lipinski definition) is 6. The molecule has 0 aromatic carbocycles. The molecule has 0 aromatic rings. The number of hydrogen-bond acceptors (Lipinski definition) is 8. The van der Waals surface area contributed by atoms with Crippen LogP contribution in [0.25, 0.3) is 0 Å². The van der Waals surface area contributed by atoms with E-state index in [1.54, 1.807) is 0 Å². The van der Waals surface area contributed by atoms with Gasteiger partial charge in [0.1, 0.15) is 22.9 Å². The molecule has 2 saturated carbocycles. The molecule has 0 saturated heterocycles. The summed E-state index contributed by atoms with van der Waals surface area (Å²) in [5.74, 6) is 1.85. The topological polar surface area (TPSA) is 194 Å². The van der Waals surface area contributed by atoms with E-state index >= 15 is 0 Å². The Hall–Kier alpha value is -2.92. The van der Waals surface area contributed by atoms with Crippen molar-refractivity contribution in [3.63, 3.8) is 0 Å². The molecule has 0 aromatic heterocycles. The standard InChI is InChI=1S/2C13H25N3O3/c2*1-13(2,3)19-12(17)15-8-9-4-6-10(7-5-9)11(14)16-18/h2*9-10,18H,4-8H2,1-3H3,(H2,14,16)(H,15,17). The molecular formula is C26H50N6O6. The second-order valence-electron chi connectivity index (χ2n) is 12.3. The number of carbonyl (C=O) groups excluding carboxylic acids is 2. The number of rotatable bonds is 6. The Morgan fingerprint density at radius 3 is 1.21 bits per heavy atom. The largest absolute Gasteiger partial charge is 0.444 e. The Morgan fingerprint density at radius 1 is 0.684 bits per heavy atom. The third-order valence-corrected chi connectivity index (χ3v) is 6.63. The molecule has 2 amide bonds. The summed E-state index contributed by atoms with van der Waals surface area (Å²) >= 11 is 0. The molecule has 38 heavy (non-hydrogen) atoms. The maximum atomic E-state index is 11.5. The van der Waals surface area contributed by atoms with Crippen molar-refractivity contribution in [1.82, 2.24) is 10.6 Å². The van der Waals surface area contributed by atoms with Gasteiger partial charge in [0.2, 0.25) is 0 Å². The molecule has 0 atom stereocenters. The van der Waals surface area contributed by atoms with E-state index in [2.05, 4.69) is 20.9 Å². The smallest absolute Gasteiger partial charge is 0.407 e. The normalized spacial score (nSPS) is 24.9. The van der Waals surface area contributed by atoms with Crippen LogP contribution in [0, 0.1) is 23.7 Å². The summed E-state index contributed by atoms with van der Waals surface area (Å²) in [6.07, 6.45) is 6.73. The van der Waals surface area contributed by atoms with Crippen LogP contribution in [0.5, 0.6) is 0 Å². The lowest BCUT2D eigenvalue weighted by Gasteiger charge is -2.28. The van der Waals surface area contributed by atoms with Crippen molar-refractivity contribution >= 4 is 23.9 Å². The number of nitrogens with one attached hydrogen (secondary N) is 2. The molecule has 0 spiro atoms. The van der Waals surface area contributed by atoms with Crippen LogP contribution in [0.4, 0.5) is 9.59 Å². The van der Waals surface area contributed by atoms with Crippen LogP contribution in [-0.2, 0) is 9.47 Å². The van der Waals surface area contributed by atoms with E-state index in [9.17, 15) is 9.59 Å². The maximum Gasteiger partial charge on any atom is 0.407 e. The van der Waals surface area contributed by atoms with Crippen molar-refractivity contribution in [2.75, 3.05) is 13.1 Å². The van der Waals surface area contributed by atoms with Gasteiger partial charge in [-0.25, -0.2) is 9.59 Å². The van der Waals surface area contributed by atoms with Crippen LogP contribution in [0.3, 0.4) is 0 Å². The van der Waals surface area contributed by atoms with Crippen LogP contribution in [0.1, 0.15) is 92.9 Å². The van der Waals surface area contributed by atoms with Gasteiger partial charge >= 0.3 is 12.2 Å². The van der Waals surface area contributed by atoms with E-state index in [-0.39, 0.29) is 24.0 Å². The SMILES string of the molecule is CC(C)(C)OC(=O)NCC1CCC(C(N)=NO)CC1.CC(C)(C)OC(=O)NCC1CCC(C(N)=NO)CC1. The molecule has 8 N–H and O–H groups in total. The van der Waals surface area contributed by atoms with Crippen molar-refractivity contribution in [2.24, 2.45) is 45.5 Å². The van der Waals surface area contributed by atoms with Gasteiger partial charge in [-0.15, -0.1) is 0 Å². The average Bonchev–Trinajstić information content (AvgIpc) is 2.84. The summed E-state index contributed by atoms with van der Waals surface area (Å²) in [5.41, 5.74) is 10.3. The molecule has 12 nitrogen and oxygen atoms in total. The molecular weight excluding hydrogens is 492 g/mol. The summed E-state index contributed by atoms with van der Waals surface area (Å²) in [4.78, 5) is 23.0. The number of oxime groups is 2. The predicted molar refractivity (Wildman–Crippen MR) is 146 cm³/mol. The van der Waals surface area contributed by atoms with Crippen LogP contribution in [0.15, 0.2) is 10.3 Å². The van der Waals surface area contributed by atoms with Gasteiger partial charge in [0, 0.05) is 24.9 Å². The zero-order valence-electron chi connectivity index (χ0n) is 24.0. The third-order valence-electron chi connectivity index (χ3n) is 6.63. The van der Waals surface area contributed by atoms with Gasteiger partial charge in [-0.3, -0.25) is 0 Å². The Bertz CT molecular complexity index is 723. The highest BCUT2D eigenvalue weighted by atomic mass is 16.6. The molecule has 0 aliphatic heterocycles. The van der Waals surface area contributed by atoms with E-state index in [1.807, 2.05) is 41.5 Å². The summed E-state index contributed by atoms with van der Waals surface area (Å²) < 4.78 is 10.4. The molecule has 2 fully saturated rings. The van der Waals surface area contributed by atoms with E-state index in [0.717, 1.165) is 51.4 Å². The van der Waals surface area contributed by atoms with Gasteiger partial charge in [0.15, 0.2) is 0 Å². The number of nitrogens with zero attached hydrogens (tertiary/aromatic N) is 2. The Balaban J connectivity index is 0.000000380. The van der Waals surface area contributed by atoms with Crippen molar-refractivity contribution in [3.8, 4) is 0 Å². The number of carbonyl (C=O) groups is 2. The quantitative estimate of drug-likeness (QED) is 0.125. The van der Waals surface area contributed by atoms with E-state index in [4.69, 9.17) is 31.4 Å². The van der Waals surface area contributed by atoms with Crippen molar-refractivity contribution in [3.05, 3.63) is 0 Å². The Morgan fingerprint density at radius 2 is 0.974 bits per heavy atom. The number of amides is 2. The summed E-state index contributed by atoms with van der Waals surface area (Å²) in [7, 11) is 0. The summed E-state index contributed by atoms with van der Waals surface area (Å²) in [6.45, 7) is 12.3. The van der Waals surface area contributed by atoms with Gasteiger partial charge in [-0.1, -0.05) is 10.3 Å². The number of nitrogens with two attached hydrogens (primary N) is 2. The first-order valence-electron chi connectivity index (χ1n) is 13.5. The van der Waals surface area contributed by atoms with Gasteiger partial charge in [0.25, 0.3) is 0 Å². The number of amidine groups is 2. The highest BCUT2D eigenvalue weighted by molar-refractivity contribution is 5.82. The van der Waals surface area contributed by atoms with E-state index in [1.165, 1.54) is 0 Å². The van der Waals surface area contributed by atoms with Crippen LogP contribution in [-0.4, -0.2) is 58.6 Å². The molecule has 12 heteroatoms. The Labute approximate surface area is 226 Å². The number of ether oxygens (including phenoxy) is 2. The molecule has 0 unspecified atom stereocenters. The van der Waals surface area contributed by atoms with Crippen molar-refractivity contribution in [1.29, 1.82) is 0 Å². The second kappa shape index (κ2) is 15.5. The van der Waals surface area contributed by atoms with E-state index < -0.39 is 11.2 Å². The fourth-order valence-electron chi connectivity index (χ4n) is 4.57. The predicted octanol–water partition coefficient (Wildman–Crippen LogP) is 4.13. The fraction of sp³-hybridized carbons (Fsp3) is 0.846. The second-order valence-corrected chi connectivity index (χ2v) is 12.3. The van der Waals surface area contributed by atoms with Gasteiger partial charge in [0.05, 0.1) is 0 Å². The van der Waals surface area contributed by atoms with Crippen LogP contribution < -0.4 is 22.1 Å². The third kappa shape index (κ3) is 14.1. The highest BCUT2D eigenvalue weighted by Crippen LogP contribution is 2.29. The monoisotopic (exact) mass is 542 g/mol. The Kier molecular flexibility index (Phi) is 13.5. The maximum absolute atomic E-state index is 11.5. The first kappa shape index (κ1) is 33.1. The van der Waals surface area contributed by atoms with Gasteiger partial charge in [-0.2, -0.15) is 0 Å². The minimum Gasteiger partial charge on any atom is -0.444 e. The molecule has 0 bridgehead atoms. The molecule has 0 heterocycles. The molecule has 0 radical (unpaired) electrons. The first-order chi connectivity index (χ1) is 17.6. The average molecular weight is 543 g/mol. The fourth-order valence-corrected chi connectivity index (χ4v) is 4.57. The van der Waals surface area contributed by atoms with Crippen LogP contribution >= 0.6 is 0 Å². The highest BCUT2D eigenvalue weighted by Gasteiger charge is 2.26. The minimum atomic E-state index is -0.464. The van der Waals surface area contributed by atoms with Crippen molar-refractivity contribution in [2.45, 2.75) is 104 Å². The summed E-state index contributed by atoms with van der Waals surface area (Å²) in [6, 6.07) is 0. The van der Waals surface area contributed by atoms with E-state index in [0.29, 0.717) is 36.6 Å². The van der Waals surface area contributed by atoms with Crippen LogP contribution in [0.2, 0.25) is 0 Å². The molecule has 2 aliphatic carbocycles. The lowest BCUT2D eigenvalue weighted by molar-refractivity contribution is 0.0503. The van der Waals surface area contributed by atoms with Gasteiger partial charge < -0.3 is 42.0 Å². The van der Waals surface area contributed by atoms with Crippen molar-refractivity contribution < 1.29 is 29.5 Å². The first-order valence-corrected chi connectivity index (χ1v) is 13.5.